The van der Waals surface area contributed by atoms with Crippen LogP contribution in [0.5, 0.6) is 0 Å². The Morgan fingerprint density at radius 3 is 2.60 bits per heavy atom. The van der Waals surface area contributed by atoms with Gasteiger partial charge >= 0.3 is 12.5 Å². The third-order valence-corrected chi connectivity index (χ3v) is 5.98. The molecular weight excluding hydrogens is 471 g/mol. The van der Waals surface area contributed by atoms with E-state index in [9.17, 15) is 23.2 Å². The second-order valence-corrected chi connectivity index (χ2v) is 8.06. The maximum Gasteiger partial charge on any atom is 0.414 e. The summed E-state index contributed by atoms with van der Waals surface area (Å²) in [5.74, 6) is -2.03. The number of carbonyl (C=O) groups is 2. The molecule has 2 aromatic heterocycles. The fraction of sp³-hybridized carbons (Fsp3) is 0.381. The van der Waals surface area contributed by atoms with Crippen LogP contribution in [0.1, 0.15) is 0 Å². The zero-order chi connectivity index (χ0) is 24.7. The first-order valence-electron chi connectivity index (χ1n) is 10.8. The number of alkyl halides is 2. The number of halogens is 3. The number of hydrogen-bond acceptors (Lipinski definition) is 7. The lowest BCUT2D eigenvalue weighted by atomic mass is 10.2. The predicted molar refractivity (Wildman–Crippen MR) is 117 cm³/mol. The lowest BCUT2D eigenvalue weighted by Crippen LogP contribution is -2.37. The summed E-state index contributed by atoms with van der Waals surface area (Å²) in [6.07, 6.45) is -1.81. The number of aromatic nitrogens is 4. The van der Waals surface area contributed by atoms with E-state index < -0.39 is 30.3 Å². The molecule has 0 aliphatic carbocycles. The summed E-state index contributed by atoms with van der Waals surface area (Å²) in [7, 11) is 0. The molecule has 0 unspecified atom stereocenters. The van der Waals surface area contributed by atoms with Crippen molar-refractivity contribution in [2.24, 2.45) is 0 Å². The molecule has 1 fully saturated rings. The highest BCUT2D eigenvalue weighted by Gasteiger charge is 2.33. The Labute approximate surface area is 195 Å². The van der Waals surface area contributed by atoms with Gasteiger partial charge in [0.05, 0.1) is 37.6 Å². The Morgan fingerprint density at radius 1 is 1.11 bits per heavy atom. The second kappa shape index (κ2) is 8.92. The molecule has 1 atom stereocenters. The SMILES string of the molecule is O=C(NC[C@H]1CN(c2ccc(N3CCn4c(=O)c5nccnc5n4CC3)c(F)c2)C(=O)O1)C(F)F. The highest BCUT2D eigenvalue weighted by atomic mass is 19.3. The van der Waals surface area contributed by atoms with Crippen molar-refractivity contribution in [1.29, 1.82) is 0 Å². The summed E-state index contributed by atoms with van der Waals surface area (Å²) >= 11 is 0. The molecule has 3 aromatic rings. The number of benzene rings is 1. The average molecular weight is 491 g/mol. The van der Waals surface area contributed by atoms with E-state index in [1.165, 1.54) is 29.4 Å². The van der Waals surface area contributed by atoms with Crippen molar-refractivity contribution in [2.45, 2.75) is 25.6 Å². The van der Waals surface area contributed by atoms with E-state index in [0.29, 0.717) is 43.0 Å². The van der Waals surface area contributed by atoms with Crippen LogP contribution in [0.15, 0.2) is 35.4 Å². The minimum Gasteiger partial charge on any atom is -0.442 e. The summed E-state index contributed by atoms with van der Waals surface area (Å²) in [6, 6.07) is 4.28. The van der Waals surface area contributed by atoms with E-state index in [-0.39, 0.29) is 24.3 Å². The van der Waals surface area contributed by atoms with Gasteiger partial charge in [-0.25, -0.2) is 23.8 Å². The van der Waals surface area contributed by atoms with E-state index in [2.05, 4.69) is 9.97 Å². The molecule has 5 rings (SSSR count). The monoisotopic (exact) mass is 491 g/mol. The predicted octanol–water partition coefficient (Wildman–Crippen LogP) is 0.959. The maximum atomic E-state index is 15.1. The van der Waals surface area contributed by atoms with Gasteiger partial charge in [0.2, 0.25) is 0 Å². The number of amides is 2. The number of anilines is 2. The second-order valence-electron chi connectivity index (χ2n) is 8.06. The Balaban J connectivity index is 1.29. The molecule has 1 saturated heterocycles. The Hall–Kier alpha value is -4.10. The van der Waals surface area contributed by atoms with Gasteiger partial charge in [-0.2, -0.15) is 8.78 Å². The highest BCUT2D eigenvalue weighted by molar-refractivity contribution is 5.90. The van der Waals surface area contributed by atoms with Crippen molar-refractivity contribution in [3.8, 4) is 0 Å². The van der Waals surface area contributed by atoms with Crippen molar-refractivity contribution in [3.63, 3.8) is 0 Å². The number of carbonyl (C=O) groups excluding carboxylic acids is 2. The van der Waals surface area contributed by atoms with Crippen LogP contribution in [0.25, 0.3) is 11.2 Å². The zero-order valence-electron chi connectivity index (χ0n) is 18.2. The normalized spacial score (nSPS) is 18.1. The Kier molecular flexibility index (Phi) is 5.78. The molecule has 2 aliphatic rings. The molecule has 2 amide bonds. The van der Waals surface area contributed by atoms with Gasteiger partial charge in [-0.1, -0.05) is 0 Å². The number of nitrogens with zero attached hydrogens (tertiary/aromatic N) is 6. The number of rotatable bonds is 5. The Morgan fingerprint density at radius 2 is 1.86 bits per heavy atom. The van der Waals surface area contributed by atoms with Gasteiger partial charge in [0, 0.05) is 25.5 Å². The summed E-state index contributed by atoms with van der Waals surface area (Å²) in [6.45, 7) is 1.17. The van der Waals surface area contributed by atoms with Crippen molar-refractivity contribution >= 4 is 34.5 Å². The van der Waals surface area contributed by atoms with Gasteiger partial charge in [-0.15, -0.1) is 0 Å². The van der Waals surface area contributed by atoms with Crippen LogP contribution in [0.4, 0.5) is 29.3 Å². The van der Waals surface area contributed by atoms with Crippen molar-refractivity contribution in [3.05, 3.63) is 46.8 Å². The van der Waals surface area contributed by atoms with Gasteiger partial charge in [0.1, 0.15) is 11.9 Å². The molecule has 0 saturated carbocycles. The fourth-order valence-corrected chi connectivity index (χ4v) is 4.30. The topological polar surface area (TPSA) is 115 Å². The van der Waals surface area contributed by atoms with E-state index >= 15 is 4.39 Å². The molecule has 0 radical (unpaired) electrons. The first kappa shape index (κ1) is 22.7. The van der Waals surface area contributed by atoms with Gasteiger partial charge in [-0.3, -0.25) is 19.2 Å². The minimum atomic E-state index is -3.17. The van der Waals surface area contributed by atoms with E-state index in [0.717, 1.165) is 0 Å². The molecule has 4 heterocycles. The average Bonchev–Trinajstić information content (AvgIpc) is 3.24. The highest BCUT2D eigenvalue weighted by Crippen LogP contribution is 2.28. The first-order chi connectivity index (χ1) is 16.8. The van der Waals surface area contributed by atoms with Gasteiger partial charge < -0.3 is 15.0 Å². The van der Waals surface area contributed by atoms with E-state index in [4.69, 9.17) is 4.74 Å². The molecule has 0 spiro atoms. The number of nitrogens with one attached hydrogen (secondary N) is 1. The van der Waals surface area contributed by atoms with E-state index in [1.807, 2.05) is 5.32 Å². The smallest absolute Gasteiger partial charge is 0.414 e. The molecule has 14 heteroatoms. The molecule has 184 valence electrons. The van der Waals surface area contributed by atoms with Gasteiger partial charge in [0.25, 0.3) is 11.5 Å². The standard InChI is InChI=1S/C21H20F3N7O4/c22-14-9-12(29-11-13(35-21(29)34)10-27-19(32)17(23)24)1-2-15(14)28-5-7-30-18-16(25-3-4-26-18)20(33)31(30)8-6-28/h1-4,9,13,17H,5-8,10-11H2,(H,27,32)/t13-/m0/s1. The third-order valence-electron chi connectivity index (χ3n) is 5.98. The van der Waals surface area contributed by atoms with Gasteiger partial charge in [-0.05, 0) is 18.2 Å². The molecule has 11 nitrogen and oxygen atoms in total. The van der Waals surface area contributed by atoms with Crippen LogP contribution < -0.4 is 20.7 Å². The summed E-state index contributed by atoms with van der Waals surface area (Å²) in [4.78, 5) is 47.2. The van der Waals surface area contributed by atoms with E-state index in [1.54, 1.807) is 20.3 Å². The number of fused-ring (bicyclic) bond motifs is 3. The van der Waals surface area contributed by atoms with Crippen LogP contribution in [0.2, 0.25) is 0 Å². The molecule has 2 aliphatic heterocycles. The summed E-state index contributed by atoms with van der Waals surface area (Å²) in [5.41, 5.74) is 1.05. The zero-order valence-corrected chi connectivity index (χ0v) is 18.2. The lowest BCUT2D eigenvalue weighted by Gasteiger charge is -2.23. The number of hydrogen-bond donors (Lipinski definition) is 1. The first-order valence-corrected chi connectivity index (χ1v) is 10.8. The van der Waals surface area contributed by atoms with Crippen molar-refractivity contribution < 1.29 is 27.5 Å². The van der Waals surface area contributed by atoms with Crippen LogP contribution >= 0.6 is 0 Å². The fourth-order valence-electron chi connectivity index (χ4n) is 4.30. The molecule has 1 aromatic carbocycles. The molecule has 1 N–H and O–H groups in total. The van der Waals surface area contributed by atoms with Crippen LogP contribution in [-0.4, -0.2) is 70.0 Å². The van der Waals surface area contributed by atoms with Crippen LogP contribution in [0.3, 0.4) is 0 Å². The molecule has 35 heavy (non-hydrogen) atoms. The lowest BCUT2D eigenvalue weighted by molar-refractivity contribution is -0.132. The quantitative estimate of drug-likeness (QED) is 0.566. The maximum absolute atomic E-state index is 15.1. The summed E-state index contributed by atoms with van der Waals surface area (Å²) < 4.78 is 48.1. The van der Waals surface area contributed by atoms with Crippen molar-refractivity contribution in [2.75, 3.05) is 36.0 Å². The Bertz CT molecular complexity index is 1360. The van der Waals surface area contributed by atoms with Crippen LogP contribution in [-0.2, 0) is 22.6 Å². The van der Waals surface area contributed by atoms with Gasteiger partial charge in [0.15, 0.2) is 11.2 Å². The van der Waals surface area contributed by atoms with Crippen molar-refractivity contribution in [1.82, 2.24) is 24.6 Å². The summed E-state index contributed by atoms with van der Waals surface area (Å²) in [5, 5.41) is 2.00. The molecule has 0 bridgehead atoms. The molecular formula is C21H20F3N7O4. The minimum absolute atomic E-state index is 0.0304. The number of ether oxygens (including phenoxy) is 1. The largest absolute Gasteiger partial charge is 0.442 e. The third kappa shape index (κ3) is 4.15. The van der Waals surface area contributed by atoms with Crippen LogP contribution in [0, 0.1) is 5.82 Å². The number of cyclic esters (lactones) is 1.